The molecule has 0 saturated heterocycles. The van der Waals surface area contributed by atoms with Gasteiger partial charge in [-0.15, -0.1) is 0 Å². The number of ether oxygens (including phenoxy) is 3. The summed E-state index contributed by atoms with van der Waals surface area (Å²) in [6.07, 6.45) is 0.670. The molecular weight excluding hydrogens is 492 g/mol. The van der Waals surface area contributed by atoms with Crippen molar-refractivity contribution in [2.24, 2.45) is 0 Å². The second-order valence-corrected chi connectivity index (χ2v) is 8.65. The van der Waals surface area contributed by atoms with E-state index in [9.17, 15) is 9.59 Å². The number of benzene rings is 3. The van der Waals surface area contributed by atoms with Gasteiger partial charge in [0.1, 0.15) is 17.5 Å². The normalized spacial score (nSPS) is 11.4. The lowest BCUT2D eigenvalue weighted by molar-refractivity contribution is -0.143. The second-order valence-electron chi connectivity index (χ2n) is 8.24. The Morgan fingerprint density at radius 2 is 1.68 bits per heavy atom. The van der Waals surface area contributed by atoms with Crippen LogP contribution in [0, 0.1) is 0 Å². The predicted molar refractivity (Wildman–Crippen MR) is 144 cm³/mol. The number of carbonyl (C=O) groups excluding carboxylic acids is 2. The van der Waals surface area contributed by atoms with Crippen LogP contribution in [0.5, 0.6) is 11.5 Å². The Kier molecular flexibility index (Phi) is 11.3. The quantitative estimate of drug-likeness (QED) is 0.299. The number of hydrogen-bond donors (Lipinski definition) is 1. The highest BCUT2D eigenvalue weighted by Crippen LogP contribution is 2.26. The number of para-hydroxylation sites is 1. The van der Waals surface area contributed by atoms with Gasteiger partial charge in [0, 0.05) is 26.3 Å². The SMILES string of the molecule is CCOCCCNC(=O)[C@H](c1ccccc1)N(Cc1ccc(OC)cc1)C(=O)COc1ccccc1Cl. The van der Waals surface area contributed by atoms with E-state index in [4.69, 9.17) is 25.8 Å². The van der Waals surface area contributed by atoms with Crippen LogP contribution in [-0.4, -0.2) is 50.2 Å². The molecule has 0 unspecified atom stereocenters. The lowest BCUT2D eigenvalue weighted by atomic mass is 10.0. The van der Waals surface area contributed by atoms with Crippen LogP contribution in [-0.2, 0) is 20.9 Å². The maximum atomic E-state index is 13.6. The fraction of sp³-hybridized carbons (Fsp3) is 0.310. The molecule has 37 heavy (non-hydrogen) atoms. The van der Waals surface area contributed by atoms with Gasteiger partial charge in [-0.3, -0.25) is 9.59 Å². The third-order valence-electron chi connectivity index (χ3n) is 5.66. The minimum absolute atomic E-state index is 0.195. The molecule has 0 aliphatic rings. The molecule has 0 heterocycles. The van der Waals surface area contributed by atoms with Gasteiger partial charge < -0.3 is 24.4 Å². The average molecular weight is 525 g/mol. The molecule has 0 saturated carbocycles. The van der Waals surface area contributed by atoms with Crippen molar-refractivity contribution < 1.29 is 23.8 Å². The maximum absolute atomic E-state index is 13.6. The zero-order chi connectivity index (χ0) is 26.5. The van der Waals surface area contributed by atoms with Crippen molar-refractivity contribution in [3.63, 3.8) is 0 Å². The Morgan fingerprint density at radius 1 is 0.973 bits per heavy atom. The Bertz CT molecular complexity index is 1120. The van der Waals surface area contributed by atoms with E-state index in [1.165, 1.54) is 4.90 Å². The van der Waals surface area contributed by atoms with Gasteiger partial charge in [0.2, 0.25) is 5.91 Å². The standard InChI is InChI=1S/C29H33ClN2O5/c1-3-36-19-9-18-31-29(34)28(23-10-5-4-6-11-23)32(20-22-14-16-24(35-2)17-15-22)27(33)21-37-26-13-8-7-12-25(26)30/h4-8,10-17,28H,3,9,18-21H2,1-2H3,(H,31,34)/t28-/m0/s1. The fourth-order valence-electron chi connectivity index (χ4n) is 3.77. The van der Waals surface area contributed by atoms with Gasteiger partial charge in [-0.1, -0.05) is 66.2 Å². The highest BCUT2D eigenvalue weighted by atomic mass is 35.5. The highest BCUT2D eigenvalue weighted by Gasteiger charge is 2.31. The number of nitrogens with zero attached hydrogens (tertiary/aromatic N) is 1. The number of hydrogen-bond acceptors (Lipinski definition) is 5. The van der Waals surface area contributed by atoms with Crippen molar-refractivity contribution in [3.05, 3.63) is 95.0 Å². The number of halogens is 1. The number of amides is 2. The van der Waals surface area contributed by atoms with Crippen molar-refractivity contribution in [2.75, 3.05) is 33.5 Å². The molecule has 1 N–H and O–H groups in total. The van der Waals surface area contributed by atoms with Crippen LogP contribution < -0.4 is 14.8 Å². The largest absolute Gasteiger partial charge is 0.497 e. The van der Waals surface area contributed by atoms with E-state index in [1.807, 2.05) is 61.5 Å². The monoisotopic (exact) mass is 524 g/mol. The van der Waals surface area contributed by atoms with Gasteiger partial charge in [-0.25, -0.2) is 0 Å². The van der Waals surface area contributed by atoms with Gasteiger partial charge in [0.05, 0.1) is 12.1 Å². The molecule has 0 radical (unpaired) electrons. The zero-order valence-electron chi connectivity index (χ0n) is 21.2. The summed E-state index contributed by atoms with van der Waals surface area (Å²) in [4.78, 5) is 28.7. The number of methoxy groups -OCH3 is 1. The second kappa shape index (κ2) is 14.9. The summed E-state index contributed by atoms with van der Waals surface area (Å²) < 4.78 is 16.4. The zero-order valence-corrected chi connectivity index (χ0v) is 21.9. The molecule has 0 spiro atoms. The Balaban J connectivity index is 1.88. The number of carbonyl (C=O) groups is 2. The summed E-state index contributed by atoms with van der Waals surface area (Å²) in [5, 5.41) is 3.37. The first-order valence-electron chi connectivity index (χ1n) is 12.2. The van der Waals surface area contributed by atoms with E-state index >= 15 is 0 Å². The van der Waals surface area contributed by atoms with E-state index < -0.39 is 6.04 Å². The topological polar surface area (TPSA) is 77.1 Å². The molecule has 7 nitrogen and oxygen atoms in total. The van der Waals surface area contributed by atoms with Gasteiger partial charge in [-0.05, 0) is 48.7 Å². The molecule has 0 aliphatic carbocycles. The highest BCUT2D eigenvalue weighted by molar-refractivity contribution is 6.32. The Hall–Kier alpha value is -3.55. The van der Waals surface area contributed by atoms with Crippen LogP contribution in [0.15, 0.2) is 78.9 Å². The van der Waals surface area contributed by atoms with Gasteiger partial charge in [0.15, 0.2) is 6.61 Å². The van der Waals surface area contributed by atoms with Crippen molar-refractivity contribution >= 4 is 23.4 Å². The minimum atomic E-state index is -0.863. The van der Waals surface area contributed by atoms with Gasteiger partial charge >= 0.3 is 0 Å². The van der Waals surface area contributed by atoms with E-state index in [2.05, 4.69) is 5.32 Å². The van der Waals surface area contributed by atoms with Crippen molar-refractivity contribution in [2.45, 2.75) is 25.9 Å². The maximum Gasteiger partial charge on any atom is 0.261 e. The lowest BCUT2D eigenvalue weighted by Crippen LogP contribution is -2.45. The van der Waals surface area contributed by atoms with Crippen LogP contribution in [0.1, 0.15) is 30.5 Å². The van der Waals surface area contributed by atoms with Gasteiger partial charge in [0.25, 0.3) is 5.91 Å². The van der Waals surface area contributed by atoms with Crippen molar-refractivity contribution in [1.82, 2.24) is 10.2 Å². The molecule has 8 heteroatoms. The summed E-state index contributed by atoms with van der Waals surface area (Å²) in [7, 11) is 1.60. The third kappa shape index (κ3) is 8.51. The van der Waals surface area contributed by atoms with Crippen molar-refractivity contribution in [3.8, 4) is 11.5 Å². The van der Waals surface area contributed by atoms with Crippen LogP contribution in [0.3, 0.4) is 0 Å². The molecule has 3 rings (SSSR count). The van der Waals surface area contributed by atoms with Crippen LogP contribution in [0.2, 0.25) is 5.02 Å². The van der Waals surface area contributed by atoms with Crippen LogP contribution in [0.4, 0.5) is 0 Å². The van der Waals surface area contributed by atoms with E-state index in [0.717, 1.165) is 5.56 Å². The summed E-state index contributed by atoms with van der Waals surface area (Å²) in [6, 6.07) is 22.7. The molecule has 2 amide bonds. The van der Waals surface area contributed by atoms with Crippen LogP contribution >= 0.6 is 11.6 Å². The van der Waals surface area contributed by atoms with E-state index in [-0.39, 0.29) is 25.0 Å². The molecule has 0 aromatic heterocycles. The molecule has 0 fully saturated rings. The predicted octanol–water partition coefficient (Wildman–Crippen LogP) is 5.04. The molecule has 3 aromatic carbocycles. The number of rotatable bonds is 14. The smallest absolute Gasteiger partial charge is 0.261 e. The third-order valence-corrected chi connectivity index (χ3v) is 5.98. The molecule has 1 atom stereocenters. The minimum Gasteiger partial charge on any atom is -0.497 e. The Labute approximate surface area is 223 Å². The lowest BCUT2D eigenvalue weighted by Gasteiger charge is -2.31. The van der Waals surface area contributed by atoms with E-state index in [1.54, 1.807) is 31.4 Å². The molecule has 0 bridgehead atoms. The summed E-state index contributed by atoms with van der Waals surface area (Å²) in [6.45, 7) is 3.45. The molecule has 196 valence electrons. The molecular formula is C29H33ClN2O5. The summed E-state index contributed by atoms with van der Waals surface area (Å²) in [5.41, 5.74) is 1.54. The fourth-order valence-corrected chi connectivity index (χ4v) is 3.96. The van der Waals surface area contributed by atoms with Gasteiger partial charge in [-0.2, -0.15) is 0 Å². The molecule has 3 aromatic rings. The first kappa shape index (κ1) is 28.0. The van der Waals surface area contributed by atoms with Crippen molar-refractivity contribution in [1.29, 1.82) is 0 Å². The summed E-state index contributed by atoms with van der Waals surface area (Å²) in [5.74, 6) is 0.477. The first-order valence-corrected chi connectivity index (χ1v) is 12.6. The summed E-state index contributed by atoms with van der Waals surface area (Å²) >= 11 is 6.21. The van der Waals surface area contributed by atoms with Crippen LogP contribution in [0.25, 0.3) is 0 Å². The number of nitrogens with one attached hydrogen (secondary N) is 1. The Morgan fingerprint density at radius 3 is 2.35 bits per heavy atom. The molecule has 0 aliphatic heterocycles. The van der Waals surface area contributed by atoms with E-state index in [0.29, 0.717) is 48.3 Å². The first-order chi connectivity index (χ1) is 18.0. The average Bonchev–Trinajstić information content (AvgIpc) is 2.93.